The van der Waals surface area contributed by atoms with Crippen molar-refractivity contribution in [2.45, 2.75) is 25.7 Å². The molecule has 0 spiro atoms. The molecule has 0 saturated carbocycles. The van der Waals surface area contributed by atoms with Crippen LogP contribution in [0.2, 0.25) is 0 Å². The van der Waals surface area contributed by atoms with E-state index >= 15 is 0 Å². The van der Waals surface area contributed by atoms with Crippen molar-refractivity contribution in [3.63, 3.8) is 0 Å². The SMILES string of the molecule is NC(=O)CCC1CCNCC1. The summed E-state index contributed by atoms with van der Waals surface area (Å²) in [5, 5.41) is 3.29. The Bertz CT molecular complexity index is 130. The van der Waals surface area contributed by atoms with E-state index in [1.54, 1.807) is 0 Å². The molecule has 3 nitrogen and oxygen atoms in total. The zero-order valence-corrected chi connectivity index (χ0v) is 6.81. The molecule has 1 fully saturated rings. The van der Waals surface area contributed by atoms with Gasteiger partial charge in [0.25, 0.3) is 0 Å². The minimum Gasteiger partial charge on any atom is -0.370 e. The number of carbonyl (C=O) groups excluding carboxylic acids is 1. The fourth-order valence-corrected chi connectivity index (χ4v) is 1.52. The highest BCUT2D eigenvalue weighted by atomic mass is 16.1. The first-order valence-corrected chi connectivity index (χ1v) is 4.28. The summed E-state index contributed by atoms with van der Waals surface area (Å²) >= 11 is 0. The maximum absolute atomic E-state index is 10.4. The standard InChI is InChI=1S/C8H16N2O/c9-8(11)2-1-7-3-5-10-6-4-7/h7,10H,1-6H2,(H2,9,11). The number of hydrogen-bond acceptors (Lipinski definition) is 2. The van der Waals surface area contributed by atoms with E-state index in [-0.39, 0.29) is 5.91 Å². The van der Waals surface area contributed by atoms with Gasteiger partial charge in [-0.3, -0.25) is 4.79 Å². The molecule has 0 aliphatic carbocycles. The lowest BCUT2D eigenvalue weighted by molar-refractivity contribution is -0.118. The van der Waals surface area contributed by atoms with E-state index in [9.17, 15) is 4.79 Å². The summed E-state index contributed by atoms with van der Waals surface area (Å²) in [5.41, 5.74) is 5.06. The number of piperidine rings is 1. The Morgan fingerprint density at radius 1 is 1.45 bits per heavy atom. The third kappa shape index (κ3) is 3.37. The predicted molar refractivity (Wildman–Crippen MR) is 44.0 cm³/mol. The molecule has 64 valence electrons. The molecule has 0 aromatic rings. The van der Waals surface area contributed by atoms with Crippen LogP contribution in [0, 0.1) is 5.92 Å². The maximum atomic E-state index is 10.4. The Balaban J connectivity index is 2.09. The molecule has 1 amide bonds. The second kappa shape index (κ2) is 4.34. The van der Waals surface area contributed by atoms with Crippen molar-refractivity contribution in [1.29, 1.82) is 0 Å². The number of rotatable bonds is 3. The lowest BCUT2D eigenvalue weighted by Gasteiger charge is -2.21. The van der Waals surface area contributed by atoms with Crippen LogP contribution in [0.1, 0.15) is 25.7 Å². The summed E-state index contributed by atoms with van der Waals surface area (Å²) < 4.78 is 0. The van der Waals surface area contributed by atoms with Crippen LogP contribution in [0.3, 0.4) is 0 Å². The summed E-state index contributed by atoms with van der Waals surface area (Å²) in [6, 6.07) is 0. The summed E-state index contributed by atoms with van der Waals surface area (Å²) in [6.07, 6.45) is 3.95. The molecule has 1 heterocycles. The van der Waals surface area contributed by atoms with Crippen LogP contribution in [0.25, 0.3) is 0 Å². The average molecular weight is 156 g/mol. The first-order valence-electron chi connectivity index (χ1n) is 4.28. The number of primary amides is 1. The van der Waals surface area contributed by atoms with Gasteiger partial charge in [-0.1, -0.05) is 0 Å². The van der Waals surface area contributed by atoms with Gasteiger partial charge in [0.15, 0.2) is 0 Å². The van der Waals surface area contributed by atoms with Crippen molar-refractivity contribution in [2.24, 2.45) is 11.7 Å². The molecule has 0 aromatic carbocycles. The van der Waals surface area contributed by atoms with E-state index in [0.717, 1.165) is 25.4 Å². The Kier molecular flexibility index (Phi) is 3.36. The van der Waals surface area contributed by atoms with Crippen LogP contribution in [0.5, 0.6) is 0 Å². The lowest BCUT2D eigenvalue weighted by atomic mass is 9.93. The van der Waals surface area contributed by atoms with E-state index in [2.05, 4.69) is 5.32 Å². The van der Waals surface area contributed by atoms with E-state index in [4.69, 9.17) is 5.73 Å². The number of amides is 1. The Morgan fingerprint density at radius 3 is 2.64 bits per heavy atom. The molecule has 1 aliphatic rings. The molecule has 0 unspecified atom stereocenters. The van der Waals surface area contributed by atoms with Gasteiger partial charge in [-0.15, -0.1) is 0 Å². The third-order valence-electron chi connectivity index (χ3n) is 2.26. The molecule has 1 saturated heterocycles. The number of nitrogens with one attached hydrogen (secondary N) is 1. The monoisotopic (exact) mass is 156 g/mol. The zero-order chi connectivity index (χ0) is 8.10. The molecule has 1 aliphatic heterocycles. The van der Waals surface area contributed by atoms with Gasteiger partial charge in [0.2, 0.25) is 5.91 Å². The van der Waals surface area contributed by atoms with Crippen molar-refractivity contribution in [2.75, 3.05) is 13.1 Å². The quantitative estimate of drug-likeness (QED) is 0.615. The Labute approximate surface area is 67.3 Å². The minimum atomic E-state index is -0.163. The van der Waals surface area contributed by atoms with Gasteiger partial charge in [0.1, 0.15) is 0 Å². The highest BCUT2D eigenvalue weighted by Gasteiger charge is 2.12. The van der Waals surface area contributed by atoms with Crippen LogP contribution in [-0.2, 0) is 4.79 Å². The highest BCUT2D eigenvalue weighted by molar-refractivity contribution is 5.73. The topological polar surface area (TPSA) is 55.1 Å². The summed E-state index contributed by atoms with van der Waals surface area (Å²) in [7, 11) is 0. The van der Waals surface area contributed by atoms with Gasteiger partial charge < -0.3 is 11.1 Å². The largest absolute Gasteiger partial charge is 0.370 e. The van der Waals surface area contributed by atoms with E-state index < -0.39 is 0 Å². The highest BCUT2D eigenvalue weighted by Crippen LogP contribution is 2.16. The van der Waals surface area contributed by atoms with Gasteiger partial charge in [-0.2, -0.15) is 0 Å². The first kappa shape index (κ1) is 8.53. The van der Waals surface area contributed by atoms with Crippen molar-refractivity contribution in [3.05, 3.63) is 0 Å². The zero-order valence-electron chi connectivity index (χ0n) is 6.81. The molecule has 3 N–H and O–H groups in total. The van der Waals surface area contributed by atoms with Gasteiger partial charge in [-0.25, -0.2) is 0 Å². The molecule has 0 atom stereocenters. The van der Waals surface area contributed by atoms with E-state index in [1.165, 1.54) is 12.8 Å². The number of carbonyl (C=O) groups is 1. The van der Waals surface area contributed by atoms with Crippen LogP contribution in [-0.4, -0.2) is 19.0 Å². The second-order valence-electron chi connectivity index (χ2n) is 3.20. The second-order valence-corrected chi connectivity index (χ2v) is 3.20. The molecule has 11 heavy (non-hydrogen) atoms. The lowest BCUT2D eigenvalue weighted by Crippen LogP contribution is -2.28. The third-order valence-corrected chi connectivity index (χ3v) is 2.26. The van der Waals surface area contributed by atoms with E-state index in [0.29, 0.717) is 6.42 Å². The van der Waals surface area contributed by atoms with Crippen molar-refractivity contribution in [3.8, 4) is 0 Å². The molecule has 0 bridgehead atoms. The van der Waals surface area contributed by atoms with Gasteiger partial charge in [0, 0.05) is 6.42 Å². The van der Waals surface area contributed by atoms with Gasteiger partial charge in [-0.05, 0) is 38.3 Å². The molecular weight excluding hydrogens is 140 g/mol. The minimum absolute atomic E-state index is 0.163. The van der Waals surface area contributed by atoms with Gasteiger partial charge >= 0.3 is 0 Å². The maximum Gasteiger partial charge on any atom is 0.217 e. The summed E-state index contributed by atoms with van der Waals surface area (Å²) in [5.74, 6) is 0.562. The van der Waals surface area contributed by atoms with Gasteiger partial charge in [0.05, 0.1) is 0 Å². The summed E-state index contributed by atoms with van der Waals surface area (Å²) in [4.78, 5) is 10.4. The predicted octanol–water partition coefficient (Wildman–Crippen LogP) is 0.251. The number of nitrogens with two attached hydrogens (primary N) is 1. The molecular formula is C8H16N2O. The normalized spacial score (nSPS) is 20.0. The molecule has 1 rings (SSSR count). The van der Waals surface area contributed by atoms with Crippen LogP contribution in [0.15, 0.2) is 0 Å². The number of hydrogen-bond donors (Lipinski definition) is 2. The van der Waals surface area contributed by atoms with Crippen LogP contribution in [0.4, 0.5) is 0 Å². The Hall–Kier alpha value is -0.570. The molecule has 3 heteroatoms. The van der Waals surface area contributed by atoms with Crippen molar-refractivity contribution in [1.82, 2.24) is 5.32 Å². The first-order chi connectivity index (χ1) is 5.29. The smallest absolute Gasteiger partial charge is 0.217 e. The van der Waals surface area contributed by atoms with Crippen LogP contribution >= 0.6 is 0 Å². The van der Waals surface area contributed by atoms with E-state index in [1.807, 2.05) is 0 Å². The molecule has 0 aromatic heterocycles. The average Bonchev–Trinajstić information content (AvgIpc) is 2.03. The fraction of sp³-hybridized carbons (Fsp3) is 0.875. The Morgan fingerprint density at radius 2 is 2.09 bits per heavy atom. The van der Waals surface area contributed by atoms with Crippen molar-refractivity contribution < 1.29 is 4.79 Å². The van der Waals surface area contributed by atoms with Crippen molar-refractivity contribution >= 4 is 5.91 Å². The molecule has 0 radical (unpaired) electrons. The summed E-state index contributed by atoms with van der Waals surface area (Å²) in [6.45, 7) is 2.20. The van der Waals surface area contributed by atoms with Crippen LogP contribution < -0.4 is 11.1 Å². The fourth-order valence-electron chi connectivity index (χ4n) is 1.52.